The molecule has 0 saturated heterocycles. The van der Waals surface area contributed by atoms with E-state index in [-0.39, 0.29) is 11.8 Å². The van der Waals surface area contributed by atoms with Crippen LogP contribution in [0.3, 0.4) is 0 Å². The maximum Gasteiger partial charge on any atom is 0.221 e. The molecule has 0 aliphatic carbocycles. The first-order chi connectivity index (χ1) is 10.5. The zero-order valence-corrected chi connectivity index (χ0v) is 13.7. The van der Waals surface area contributed by atoms with Crippen molar-refractivity contribution in [2.45, 2.75) is 33.4 Å². The number of nitrogens with one attached hydrogen (secondary N) is 2. The van der Waals surface area contributed by atoms with Crippen molar-refractivity contribution in [2.24, 2.45) is 0 Å². The Kier molecular flexibility index (Phi) is 4.13. The number of anilines is 2. The Labute approximate surface area is 137 Å². The van der Waals surface area contributed by atoms with Crippen LogP contribution < -0.4 is 10.6 Å². The van der Waals surface area contributed by atoms with Crippen LogP contribution in [0.2, 0.25) is 0 Å². The first-order valence-corrected chi connectivity index (χ1v) is 8.33. The normalized spacial score (nSPS) is 12.1. The van der Waals surface area contributed by atoms with E-state index in [4.69, 9.17) is 0 Å². The van der Waals surface area contributed by atoms with Gasteiger partial charge in [-0.3, -0.25) is 9.59 Å². The van der Waals surface area contributed by atoms with Gasteiger partial charge in [0, 0.05) is 44.8 Å². The summed E-state index contributed by atoms with van der Waals surface area (Å²) in [4.78, 5) is 26.9. The van der Waals surface area contributed by atoms with Crippen molar-refractivity contribution in [3.05, 3.63) is 36.4 Å². The zero-order chi connectivity index (χ0) is 15.7. The summed E-state index contributed by atoms with van der Waals surface area (Å²) in [6.45, 7) is 2.99. The number of rotatable bonds is 2. The average Bonchev–Trinajstić information content (AvgIpc) is 2.43. The van der Waals surface area contributed by atoms with Gasteiger partial charge in [0.15, 0.2) is 0 Å². The highest BCUT2D eigenvalue weighted by molar-refractivity contribution is 8.05. The average molecular weight is 330 g/mol. The van der Waals surface area contributed by atoms with Crippen molar-refractivity contribution in [1.82, 2.24) is 0 Å². The molecule has 1 heterocycles. The van der Waals surface area contributed by atoms with E-state index in [1.165, 1.54) is 23.6 Å². The molecular weight excluding hydrogens is 316 g/mol. The lowest BCUT2D eigenvalue weighted by Gasteiger charge is -2.19. The molecule has 22 heavy (non-hydrogen) atoms. The minimum atomic E-state index is -0.0817. The quantitative estimate of drug-likeness (QED) is 0.738. The van der Waals surface area contributed by atoms with Gasteiger partial charge in [-0.05, 0) is 36.4 Å². The number of carbonyl (C=O) groups excluding carboxylic acids is 2. The van der Waals surface area contributed by atoms with Gasteiger partial charge in [-0.25, -0.2) is 0 Å². The number of carbonyl (C=O) groups is 2. The van der Waals surface area contributed by atoms with E-state index in [9.17, 15) is 9.59 Å². The largest absolute Gasteiger partial charge is 0.326 e. The molecular formula is C16H14N2O2S2. The predicted molar refractivity (Wildman–Crippen MR) is 89.7 cm³/mol. The van der Waals surface area contributed by atoms with Crippen molar-refractivity contribution in [3.63, 3.8) is 0 Å². The van der Waals surface area contributed by atoms with Crippen LogP contribution in [0, 0.1) is 0 Å². The Bertz CT molecular complexity index is 711. The van der Waals surface area contributed by atoms with Crippen LogP contribution in [0.5, 0.6) is 0 Å². The van der Waals surface area contributed by atoms with E-state index in [0.717, 1.165) is 21.2 Å². The molecule has 2 amide bonds. The molecule has 1 aliphatic heterocycles. The fourth-order valence-corrected chi connectivity index (χ4v) is 4.42. The standard InChI is InChI=1S/C16H14N2O2S2/c1-9(19)17-11-3-5-13-15(7-11)22-16-8-12(18-10(2)20)4-6-14(16)21-13/h3-8H,1-2H3,(H,17,19)(H,18,20). The first kappa shape index (κ1) is 15.0. The molecule has 0 bridgehead atoms. The molecule has 0 saturated carbocycles. The van der Waals surface area contributed by atoms with E-state index in [1.807, 2.05) is 36.4 Å². The van der Waals surface area contributed by atoms with Crippen LogP contribution in [0.4, 0.5) is 11.4 Å². The highest BCUT2D eigenvalue weighted by atomic mass is 32.2. The summed E-state index contributed by atoms with van der Waals surface area (Å²) in [5.41, 5.74) is 1.58. The van der Waals surface area contributed by atoms with Crippen molar-refractivity contribution in [2.75, 3.05) is 10.6 Å². The second kappa shape index (κ2) is 6.06. The maximum atomic E-state index is 11.2. The summed E-state index contributed by atoms with van der Waals surface area (Å²) in [6.07, 6.45) is 0. The summed E-state index contributed by atoms with van der Waals surface area (Å²) < 4.78 is 0. The molecule has 4 nitrogen and oxygen atoms in total. The molecule has 3 rings (SSSR count). The Hall–Kier alpha value is -1.92. The summed E-state index contributed by atoms with van der Waals surface area (Å²) in [5, 5.41) is 5.60. The molecule has 0 unspecified atom stereocenters. The third kappa shape index (κ3) is 3.28. The topological polar surface area (TPSA) is 58.2 Å². The fourth-order valence-electron chi connectivity index (χ4n) is 2.14. The highest BCUT2D eigenvalue weighted by Gasteiger charge is 2.18. The van der Waals surface area contributed by atoms with E-state index in [2.05, 4.69) is 10.6 Å². The number of hydrogen-bond donors (Lipinski definition) is 2. The van der Waals surface area contributed by atoms with Crippen LogP contribution >= 0.6 is 23.5 Å². The summed E-state index contributed by atoms with van der Waals surface area (Å²) in [6, 6.07) is 11.8. The van der Waals surface area contributed by atoms with Crippen LogP contribution in [-0.2, 0) is 9.59 Å². The second-order valence-electron chi connectivity index (χ2n) is 4.89. The van der Waals surface area contributed by atoms with Crippen molar-refractivity contribution < 1.29 is 9.59 Å². The Morgan fingerprint density at radius 3 is 1.55 bits per heavy atom. The van der Waals surface area contributed by atoms with Gasteiger partial charge < -0.3 is 10.6 Å². The summed E-state index contributed by atoms with van der Waals surface area (Å²) in [7, 11) is 0. The molecule has 0 spiro atoms. The zero-order valence-electron chi connectivity index (χ0n) is 12.1. The van der Waals surface area contributed by atoms with Crippen LogP contribution in [0.15, 0.2) is 56.0 Å². The third-order valence-electron chi connectivity index (χ3n) is 2.97. The molecule has 6 heteroatoms. The molecule has 2 aromatic rings. The minimum absolute atomic E-state index is 0.0817. The Balaban J connectivity index is 1.89. The number of fused-ring (bicyclic) bond motifs is 2. The van der Waals surface area contributed by atoms with Crippen molar-refractivity contribution >= 4 is 46.7 Å². The predicted octanol–water partition coefficient (Wildman–Crippen LogP) is 4.22. The smallest absolute Gasteiger partial charge is 0.221 e. The van der Waals surface area contributed by atoms with Crippen LogP contribution in [0.1, 0.15) is 13.8 Å². The molecule has 0 aromatic heterocycles. The Morgan fingerprint density at radius 1 is 0.727 bits per heavy atom. The van der Waals surface area contributed by atoms with Gasteiger partial charge in [0.05, 0.1) is 0 Å². The third-order valence-corrected chi connectivity index (χ3v) is 5.49. The van der Waals surface area contributed by atoms with Gasteiger partial charge in [-0.2, -0.15) is 0 Å². The molecule has 0 radical (unpaired) electrons. The van der Waals surface area contributed by atoms with Gasteiger partial charge >= 0.3 is 0 Å². The molecule has 0 atom stereocenters. The molecule has 2 N–H and O–H groups in total. The lowest BCUT2D eigenvalue weighted by atomic mass is 10.3. The van der Waals surface area contributed by atoms with Crippen LogP contribution in [-0.4, -0.2) is 11.8 Å². The van der Waals surface area contributed by atoms with E-state index >= 15 is 0 Å². The SMILES string of the molecule is CC(=O)Nc1ccc2c(c1)Sc1cc(NC(C)=O)ccc1S2. The minimum Gasteiger partial charge on any atom is -0.326 e. The molecule has 112 valence electrons. The molecule has 1 aliphatic rings. The molecule has 0 fully saturated rings. The lowest BCUT2D eigenvalue weighted by molar-refractivity contribution is -0.115. The van der Waals surface area contributed by atoms with E-state index < -0.39 is 0 Å². The number of benzene rings is 2. The van der Waals surface area contributed by atoms with Gasteiger partial charge in [0.2, 0.25) is 11.8 Å². The van der Waals surface area contributed by atoms with E-state index in [0.29, 0.717) is 0 Å². The lowest BCUT2D eigenvalue weighted by Crippen LogP contribution is -2.06. The number of amides is 2. The second-order valence-corrected chi connectivity index (χ2v) is 7.06. The summed E-state index contributed by atoms with van der Waals surface area (Å²) in [5.74, 6) is -0.163. The first-order valence-electron chi connectivity index (χ1n) is 6.70. The van der Waals surface area contributed by atoms with Crippen molar-refractivity contribution in [3.8, 4) is 0 Å². The summed E-state index contributed by atoms with van der Waals surface area (Å²) >= 11 is 3.33. The van der Waals surface area contributed by atoms with Gasteiger partial charge in [0.1, 0.15) is 0 Å². The van der Waals surface area contributed by atoms with Gasteiger partial charge in [0.25, 0.3) is 0 Å². The fraction of sp³-hybridized carbons (Fsp3) is 0.125. The number of hydrogen-bond acceptors (Lipinski definition) is 4. The van der Waals surface area contributed by atoms with Gasteiger partial charge in [-0.1, -0.05) is 23.5 Å². The molecule has 2 aromatic carbocycles. The van der Waals surface area contributed by atoms with Crippen LogP contribution in [0.25, 0.3) is 0 Å². The Morgan fingerprint density at radius 2 is 1.14 bits per heavy atom. The van der Waals surface area contributed by atoms with Gasteiger partial charge in [-0.15, -0.1) is 0 Å². The maximum absolute atomic E-state index is 11.2. The highest BCUT2D eigenvalue weighted by Crippen LogP contribution is 2.49. The van der Waals surface area contributed by atoms with Crippen molar-refractivity contribution in [1.29, 1.82) is 0 Å². The van der Waals surface area contributed by atoms with E-state index in [1.54, 1.807) is 23.5 Å². The monoisotopic (exact) mass is 330 g/mol.